The summed E-state index contributed by atoms with van der Waals surface area (Å²) in [4.78, 5) is 12.7. The Morgan fingerprint density at radius 2 is 1.78 bits per heavy atom. The van der Waals surface area contributed by atoms with Crippen LogP contribution in [0.2, 0.25) is 0 Å². The number of ether oxygens (including phenoxy) is 2. The van der Waals surface area contributed by atoms with E-state index in [1.807, 2.05) is 30.3 Å². The van der Waals surface area contributed by atoms with Gasteiger partial charge in [-0.05, 0) is 130 Å². The fraction of sp³-hybridized carbons (Fsp3) is 0.735. The quantitative estimate of drug-likeness (QED) is 0.299. The molecule has 0 radical (unpaired) electrons. The van der Waals surface area contributed by atoms with Gasteiger partial charge in [-0.2, -0.15) is 0 Å². The lowest BCUT2D eigenvalue weighted by Gasteiger charge is -2.61. The van der Waals surface area contributed by atoms with E-state index >= 15 is 0 Å². The molecule has 0 bridgehead atoms. The number of carbonyl (C=O) groups is 1. The van der Waals surface area contributed by atoms with Gasteiger partial charge in [0.25, 0.3) is 0 Å². The van der Waals surface area contributed by atoms with Crippen LogP contribution in [0, 0.1) is 46.3 Å². The van der Waals surface area contributed by atoms with E-state index in [1.165, 1.54) is 44.1 Å². The van der Waals surface area contributed by atoms with Crippen LogP contribution < -0.4 is 0 Å². The summed E-state index contributed by atoms with van der Waals surface area (Å²) in [5.74, 6) is 4.41. The normalized spacial score (nSPS) is 46.3. The van der Waals surface area contributed by atoms with Crippen LogP contribution in [-0.4, -0.2) is 24.3 Å². The molecule has 11 atom stereocenters. The zero-order valence-corrected chi connectivity index (χ0v) is 23.6. The van der Waals surface area contributed by atoms with Crippen molar-refractivity contribution in [3.8, 4) is 0 Å². The van der Waals surface area contributed by atoms with Crippen molar-refractivity contribution in [2.24, 2.45) is 46.3 Å². The predicted octanol–water partition coefficient (Wildman–Crippen LogP) is 8.24. The second-order valence-electron chi connectivity index (χ2n) is 14.2. The zero-order valence-electron chi connectivity index (χ0n) is 23.6. The first-order valence-electron chi connectivity index (χ1n) is 15.3. The molecule has 202 valence electrons. The fourth-order valence-electron chi connectivity index (χ4n) is 10.5. The van der Waals surface area contributed by atoms with Crippen molar-refractivity contribution in [3.05, 3.63) is 48.0 Å². The lowest BCUT2D eigenvalue weighted by Crippen LogP contribution is -2.54. The van der Waals surface area contributed by atoms with Gasteiger partial charge in [0, 0.05) is 0 Å². The molecule has 0 amide bonds. The molecule has 3 heteroatoms. The zero-order chi connectivity index (χ0) is 25.9. The molecule has 6 rings (SSSR count). The Hall–Kier alpha value is -1.61. The first-order chi connectivity index (χ1) is 17.7. The largest absolute Gasteiger partial charge is 0.459 e. The Morgan fingerprint density at radius 3 is 2.54 bits per heavy atom. The highest BCUT2D eigenvalue weighted by molar-refractivity contribution is 5.89. The van der Waals surface area contributed by atoms with Gasteiger partial charge in [0.05, 0.1) is 17.8 Å². The summed E-state index contributed by atoms with van der Waals surface area (Å²) in [6.07, 6.45) is 13.2. The minimum atomic E-state index is -0.149. The molecule has 1 saturated heterocycles. The molecule has 5 fully saturated rings. The number of rotatable bonds is 5. The summed E-state index contributed by atoms with van der Waals surface area (Å²) in [5, 5.41) is 0. The average molecular weight is 505 g/mol. The van der Waals surface area contributed by atoms with Gasteiger partial charge >= 0.3 is 5.97 Å². The lowest BCUT2D eigenvalue weighted by atomic mass is 9.44. The van der Waals surface area contributed by atoms with Crippen molar-refractivity contribution in [1.29, 1.82) is 0 Å². The van der Waals surface area contributed by atoms with Crippen LogP contribution in [0.4, 0.5) is 0 Å². The maximum atomic E-state index is 12.7. The topological polar surface area (TPSA) is 35.5 Å². The van der Waals surface area contributed by atoms with Gasteiger partial charge in [-0.1, -0.05) is 44.5 Å². The number of fused-ring (bicyclic) bond motifs is 7. The van der Waals surface area contributed by atoms with Crippen LogP contribution in [0.15, 0.2) is 42.5 Å². The number of benzene rings is 1. The summed E-state index contributed by atoms with van der Waals surface area (Å²) < 4.78 is 12.9. The number of hydrogen-bond donors (Lipinski definition) is 0. The van der Waals surface area contributed by atoms with Crippen LogP contribution >= 0.6 is 0 Å². The summed E-state index contributed by atoms with van der Waals surface area (Å²) in [6, 6.07) is 9.51. The second-order valence-corrected chi connectivity index (χ2v) is 14.2. The van der Waals surface area contributed by atoms with Gasteiger partial charge in [-0.3, -0.25) is 0 Å². The molecule has 4 aliphatic carbocycles. The van der Waals surface area contributed by atoms with E-state index in [4.69, 9.17) is 9.47 Å². The fourth-order valence-corrected chi connectivity index (χ4v) is 10.5. The van der Waals surface area contributed by atoms with Crippen LogP contribution in [0.3, 0.4) is 0 Å². The SMILES string of the molecule is C=C(C)CCC1OC2CC3C4CCC5CC(OC(=O)c6ccccc6)CCC5(C)C4CCC3(C)C2C1C. The Kier molecular flexibility index (Phi) is 6.62. The minimum absolute atomic E-state index is 0.0763. The minimum Gasteiger partial charge on any atom is -0.459 e. The number of hydrogen-bond acceptors (Lipinski definition) is 3. The highest BCUT2D eigenvalue weighted by Crippen LogP contribution is 2.70. The number of allylic oxidation sites excluding steroid dienone is 1. The molecule has 37 heavy (non-hydrogen) atoms. The molecular weight excluding hydrogens is 456 g/mol. The van der Waals surface area contributed by atoms with Crippen LogP contribution in [-0.2, 0) is 9.47 Å². The summed E-state index contributed by atoms with van der Waals surface area (Å²) in [5.41, 5.74) is 2.80. The maximum Gasteiger partial charge on any atom is 0.338 e. The Morgan fingerprint density at radius 1 is 1.03 bits per heavy atom. The summed E-state index contributed by atoms with van der Waals surface area (Å²) in [7, 11) is 0. The summed E-state index contributed by atoms with van der Waals surface area (Å²) in [6.45, 7) is 14.0. The van der Waals surface area contributed by atoms with Gasteiger partial charge in [-0.25, -0.2) is 4.79 Å². The van der Waals surface area contributed by atoms with Gasteiger partial charge in [0.15, 0.2) is 0 Å². The highest BCUT2D eigenvalue weighted by Gasteiger charge is 2.65. The third kappa shape index (κ3) is 4.23. The Labute approximate surface area is 224 Å². The molecule has 1 aliphatic heterocycles. The standard InChI is InChI=1S/C34H48O3/c1-21(2)11-14-29-22(3)31-30(37-29)20-28-26-13-12-24-19-25(36-32(35)23-9-7-6-8-10-23)15-17-33(24,4)27(26)16-18-34(28,31)5/h6-10,22,24-31H,1,11-20H2,2-5H3. The van der Waals surface area contributed by atoms with Crippen molar-refractivity contribution in [1.82, 2.24) is 0 Å². The third-order valence-corrected chi connectivity index (χ3v) is 12.3. The monoisotopic (exact) mass is 504 g/mol. The van der Waals surface area contributed by atoms with Crippen molar-refractivity contribution < 1.29 is 14.3 Å². The second kappa shape index (κ2) is 9.54. The van der Waals surface area contributed by atoms with E-state index in [2.05, 4.69) is 34.3 Å². The summed E-state index contributed by atoms with van der Waals surface area (Å²) >= 11 is 0. The van der Waals surface area contributed by atoms with Crippen LogP contribution in [0.25, 0.3) is 0 Å². The van der Waals surface area contributed by atoms with E-state index in [1.54, 1.807) is 0 Å². The maximum absolute atomic E-state index is 12.7. The Bertz CT molecular complexity index is 1020. The highest BCUT2D eigenvalue weighted by atomic mass is 16.5. The van der Waals surface area contributed by atoms with Gasteiger partial charge in [0.1, 0.15) is 6.10 Å². The smallest absolute Gasteiger partial charge is 0.338 e. The lowest BCUT2D eigenvalue weighted by molar-refractivity contribution is -0.131. The van der Waals surface area contributed by atoms with Crippen molar-refractivity contribution in [2.75, 3.05) is 0 Å². The van der Waals surface area contributed by atoms with Crippen LogP contribution in [0.1, 0.15) is 102 Å². The van der Waals surface area contributed by atoms with Gasteiger partial charge < -0.3 is 9.47 Å². The van der Waals surface area contributed by atoms with Crippen molar-refractivity contribution >= 4 is 5.97 Å². The van der Waals surface area contributed by atoms with Crippen molar-refractivity contribution in [2.45, 2.75) is 110 Å². The molecule has 0 N–H and O–H groups in total. The third-order valence-electron chi connectivity index (χ3n) is 12.3. The van der Waals surface area contributed by atoms with E-state index in [0.717, 1.165) is 49.4 Å². The first-order valence-corrected chi connectivity index (χ1v) is 15.3. The molecule has 1 aromatic carbocycles. The van der Waals surface area contributed by atoms with Crippen LogP contribution in [0.5, 0.6) is 0 Å². The molecule has 4 saturated carbocycles. The average Bonchev–Trinajstić information content (AvgIpc) is 3.36. The number of carbonyl (C=O) groups excluding carboxylic acids is 1. The number of esters is 1. The molecule has 11 unspecified atom stereocenters. The molecule has 5 aliphatic rings. The molecule has 0 spiro atoms. The van der Waals surface area contributed by atoms with E-state index in [0.29, 0.717) is 40.4 Å². The molecule has 1 heterocycles. The molecule has 1 aromatic rings. The van der Waals surface area contributed by atoms with E-state index in [9.17, 15) is 4.79 Å². The van der Waals surface area contributed by atoms with Crippen molar-refractivity contribution in [3.63, 3.8) is 0 Å². The molecule has 3 nitrogen and oxygen atoms in total. The van der Waals surface area contributed by atoms with Gasteiger partial charge in [-0.15, -0.1) is 6.58 Å². The Balaban J connectivity index is 1.13. The molecular formula is C34H48O3. The van der Waals surface area contributed by atoms with E-state index in [-0.39, 0.29) is 12.1 Å². The van der Waals surface area contributed by atoms with Gasteiger partial charge in [0.2, 0.25) is 0 Å². The predicted molar refractivity (Wildman–Crippen MR) is 148 cm³/mol. The first kappa shape index (κ1) is 25.7. The van der Waals surface area contributed by atoms with E-state index < -0.39 is 0 Å². The molecule has 0 aromatic heterocycles.